The molecule has 2 N–H and O–H groups in total. The van der Waals surface area contributed by atoms with Crippen LogP contribution in [0.2, 0.25) is 0 Å². The smallest absolute Gasteiger partial charge is 0.317 e. The molecule has 5 heteroatoms. The van der Waals surface area contributed by atoms with Crippen molar-refractivity contribution in [2.24, 2.45) is 0 Å². The van der Waals surface area contributed by atoms with Gasteiger partial charge < -0.3 is 20.1 Å². The van der Waals surface area contributed by atoms with E-state index in [4.69, 9.17) is 9.84 Å². The fourth-order valence-electron chi connectivity index (χ4n) is 2.96. The van der Waals surface area contributed by atoms with E-state index in [-0.39, 0.29) is 18.7 Å². The highest BCUT2D eigenvalue weighted by Gasteiger charge is 2.25. The van der Waals surface area contributed by atoms with Gasteiger partial charge in [0.2, 0.25) is 0 Å². The number of nitrogens with zero attached hydrogens (tertiary/aromatic N) is 1. The molecule has 1 heterocycles. The molecule has 0 spiro atoms. The van der Waals surface area contributed by atoms with E-state index >= 15 is 0 Å². The molecule has 19 heavy (non-hydrogen) atoms. The van der Waals surface area contributed by atoms with Crippen molar-refractivity contribution in [3.8, 4) is 0 Å². The molecule has 2 aliphatic rings. The summed E-state index contributed by atoms with van der Waals surface area (Å²) in [5.74, 6) is 0. The molecule has 0 aromatic heterocycles. The highest BCUT2D eigenvalue weighted by Crippen LogP contribution is 2.18. The van der Waals surface area contributed by atoms with Crippen LogP contribution in [0.5, 0.6) is 0 Å². The summed E-state index contributed by atoms with van der Waals surface area (Å²) >= 11 is 0. The molecule has 2 fully saturated rings. The molecule has 2 rings (SSSR count). The Balaban J connectivity index is 1.67. The number of nitrogens with one attached hydrogen (secondary N) is 1. The van der Waals surface area contributed by atoms with Crippen LogP contribution in [0.15, 0.2) is 0 Å². The topological polar surface area (TPSA) is 61.8 Å². The van der Waals surface area contributed by atoms with E-state index in [2.05, 4.69) is 5.32 Å². The molecule has 0 bridgehead atoms. The molecule has 110 valence electrons. The summed E-state index contributed by atoms with van der Waals surface area (Å²) in [7, 11) is 0. The average molecular weight is 270 g/mol. The van der Waals surface area contributed by atoms with Crippen LogP contribution in [0.3, 0.4) is 0 Å². The SMILES string of the molecule is O=C(NC1CCCCC1)N1CCC(OCCO)CC1. The van der Waals surface area contributed by atoms with E-state index < -0.39 is 0 Å². The zero-order valence-corrected chi connectivity index (χ0v) is 11.6. The highest BCUT2D eigenvalue weighted by atomic mass is 16.5. The van der Waals surface area contributed by atoms with Crippen molar-refractivity contribution >= 4 is 6.03 Å². The van der Waals surface area contributed by atoms with Gasteiger partial charge in [0, 0.05) is 19.1 Å². The third-order valence-corrected chi connectivity index (χ3v) is 4.11. The number of urea groups is 1. The molecule has 1 saturated heterocycles. The van der Waals surface area contributed by atoms with Gasteiger partial charge in [-0.25, -0.2) is 4.79 Å². The summed E-state index contributed by atoms with van der Waals surface area (Å²) in [5, 5.41) is 11.9. The normalized spacial score (nSPS) is 22.5. The Morgan fingerprint density at radius 2 is 1.84 bits per heavy atom. The summed E-state index contributed by atoms with van der Waals surface area (Å²) in [5.41, 5.74) is 0. The van der Waals surface area contributed by atoms with Gasteiger partial charge in [-0.1, -0.05) is 19.3 Å². The summed E-state index contributed by atoms with van der Waals surface area (Å²) in [6.45, 7) is 1.99. The maximum Gasteiger partial charge on any atom is 0.317 e. The molecule has 1 saturated carbocycles. The lowest BCUT2D eigenvalue weighted by Crippen LogP contribution is -2.49. The third-order valence-electron chi connectivity index (χ3n) is 4.11. The number of hydrogen-bond donors (Lipinski definition) is 2. The molecular weight excluding hydrogens is 244 g/mol. The van der Waals surface area contributed by atoms with E-state index in [9.17, 15) is 4.79 Å². The van der Waals surface area contributed by atoms with E-state index in [1.807, 2.05) is 4.90 Å². The van der Waals surface area contributed by atoms with Crippen molar-refractivity contribution < 1.29 is 14.6 Å². The fraction of sp³-hybridized carbons (Fsp3) is 0.929. The maximum absolute atomic E-state index is 12.1. The Labute approximate surface area is 115 Å². The molecule has 2 amide bonds. The zero-order valence-electron chi connectivity index (χ0n) is 11.6. The van der Waals surface area contributed by atoms with Crippen LogP contribution < -0.4 is 5.32 Å². The van der Waals surface area contributed by atoms with Gasteiger partial charge in [-0.2, -0.15) is 0 Å². The zero-order chi connectivity index (χ0) is 13.5. The number of piperidine rings is 1. The molecule has 0 radical (unpaired) electrons. The highest BCUT2D eigenvalue weighted by molar-refractivity contribution is 5.74. The van der Waals surface area contributed by atoms with Crippen LogP contribution in [0, 0.1) is 0 Å². The third kappa shape index (κ3) is 4.66. The van der Waals surface area contributed by atoms with Crippen LogP contribution in [0.1, 0.15) is 44.9 Å². The second kappa shape index (κ2) is 7.70. The molecule has 0 aromatic carbocycles. The summed E-state index contributed by atoms with van der Waals surface area (Å²) in [6.07, 6.45) is 7.98. The summed E-state index contributed by atoms with van der Waals surface area (Å²) in [6, 6.07) is 0.470. The van der Waals surface area contributed by atoms with E-state index in [0.29, 0.717) is 12.6 Å². The number of hydrogen-bond acceptors (Lipinski definition) is 3. The standard InChI is InChI=1S/C14H26N2O3/c17-10-11-19-13-6-8-16(9-7-13)14(18)15-12-4-2-1-3-5-12/h12-13,17H,1-11H2,(H,15,18). The van der Waals surface area contributed by atoms with E-state index in [1.165, 1.54) is 19.3 Å². The van der Waals surface area contributed by atoms with Gasteiger partial charge in [0.1, 0.15) is 0 Å². The van der Waals surface area contributed by atoms with Crippen molar-refractivity contribution in [3.63, 3.8) is 0 Å². The monoisotopic (exact) mass is 270 g/mol. The number of carbonyl (C=O) groups is 1. The van der Waals surface area contributed by atoms with Crippen molar-refractivity contribution in [1.82, 2.24) is 10.2 Å². The lowest BCUT2D eigenvalue weighted by Gasteiger charge is -2.33. The lowest BCUT2D eigenvalue weighted by molar-refractivity contribution is -0.00188. The number of likely N-dealkylation sites (tertiary alicyclic amines) is 1. The van der Waals surface area contributed by atoms with Crippen molar-refractivity contribution in [2.45, 2.75) is 57.1 Å². The average Bonchev–Trinajstić information content (AvgIpc) is 2.46. The summed E-state index contributed by atoms with van der Waals surface area (Å²) in [4.78, 5) is 14.0. The van der Waals surface area contributed by atoms with Gasteiger partial charge in [-0.15, -0.1) is 0 Å². The maximum atomic E-state index is 12.1. The van der Waals surface area contributed by atoms with Crippen LogP contribution in [-0.4, -0.2) is 54.5 Å². The first-order valence-corrected chi connectivity index (χ1v) is 7.57. The van der Waals surface area contributed by atoms with Gasteiger partial charge in [-0.05, 0) is 25.7 Å². The molecule has 5 nitrogen and oxygen atoms in total. The minimum Gasteiger partial charge on any atom is -0.394 e. The molecule has 0 aromatic rings. The molecule has 0 atom stereocenters. The number of amides is 2. The Kier molecular flexibility index (Phi) is 5.92. The Hall–Kier alpha value is -0.810. The van der Waals surface area contributed by atoms with Crippen LogP contribution in [0.25, 0.3) is 0 Å². The first-order chi connectivity index (χ1) is 9.29. The molecule has 1 aliphatic heterocycles. The minimum atomic E-state index is 0.0718. The molecule has 0 unspecified atom stereocenters. The molecule has 1 aliphatic carbocycles. The number of aliphatic hydroxyl groups is 1. The van der Waals surface area contributed by atoms with Gasteiger partial charge in [0.25, 0.3) is 0 Å². The Morgan fingerprint density at radius 3 is 2.47 bits per heavy atom. The first-order valence-electron chi connectivity index (χ1n) is 7.57. The lowest BCUT2D eigenvalue weighted by atomic mass is 9.96. The van der Waals surface area contributed by atoms with Gasteiger partial charge >= 0.3 is 6.03 Å². The summed E-state index contributed by atoms with van der Waals surface area (Å²) < 4.78 is 5.50. The second-order valence-corrected chi connectivity index (χ2v) is 5.57. The number of aliphatic hydroxyl groups excluding tert-OH is 1. The molecular formula is C14H26N2O3. The second-order valence-electron chi connectivity index (χ2n) is 5.57. The largest absolute Gasteiger partial charge is 0.394 e. The Bertz CT molecular complexity index is 272. The quantitative estimate of drug-likeness (QED) is 0.814. The van der Waals surface area contributed by atoms with Crippen molar-refractivity contribution in [2.75, 3.05) is 26.3 Å². The van der Waals surface area contributed by atoms with Gasteiger partial charge in [0.15, 0.2) is 0 Å². The Morgan fingerprint density at radius 1 is 1.16 bits per heavy atom. The van der Waals surface area contributed by atoms with Gasteiger partial charge in [0.05, 0.1) is 19.3 Å². The predicted octanol–water partition coefficient (Wildman–Crippen LogP) is 1.50. The minimum absolute atomic E-state index is 0.0718. The van der Waals surface area contributed by atoms with E-state index in [1.54, 1.807) is 0 Å². The van der Waals surface area contributed by atoms with Crippen LogP contribution in [-0.2, 0) is 4.74 Å². The van der Waals surface area contributed by atoms with Crippen molar-refractivity contribution in [1.29, 1.82) is 0 Å². The van der Waals surface area contributed by atoms with Crippen molar-refractivity contribution in [3.05, 3.63) is 0 Å². The van der Waals surface area contributed by atoms with Crippen LogP contribution >= 0.6 is 0 Å². The fourth-order valence-corrected chi connectivity index (χ4v) is 2.96. The number of carbonyl (C=O) groups excluding carboxylic acids is 1. The van der Waals surface area contributed by atoms with Gasteiger partial charge in [-0.3, -0.25) is 0 Å². The van der Waals surface area contributed by atoms with E-state index in [0.717, 1.165) is 38.8 Å². The first kappa shape index (κ1) is 14.6. The number of rotatable bonds is 4. The predicted molar refractivity (Wildman–Crippen MR) is 73.0 cm³/mol. The number of ether oxygens (including phenoxy) is 1. The van der Waals surface area contributed by atoms with Crippen LogP contribution in [0.4, 0.5) is 4.79 Å².